The quantitative estimate of drug-likeness (QED) is 0.218. The molecule has 2 amide bonds. The molecule has 2 N–H and O–H groups in total. The molecule has 0 aliphatic rings. The molecule has 6 heteroatoms. The molecule has 0 saturated heterocycles. The van der Waals surface area contributed by atoms with Crippen molar-refractivity contribution in [3.8, 4) is 0 Å². The lowest BCUT2D eigenvalue weighted by molar-refractivity contribution is 0.249. The van der Waals surface area contributed by atoms with E-state index in [1.807, 2.05) is 72.4 Å². The number of nitrogens with one attached hydrogen (secondary N) is 2. The van der Waals surface area contributed by atoms with Crippen LogP contribution >= 0.6 is 0 Å². The van der Waals surface area contributed by atoms with Crippen molar-refractivity contribution in [1.29, 1.82) is 0 Å². The number of carbonyl (C=O) groups excluding carboxylic acids is 1. The van der Waals surface area contributed by atoms with Gasteiger partial charge in [0.2, 0.25) is 0 Å². The van der Waals surface area contributed by atoms with Crippen LogP contribution < -0.4 is 10.6 Å². The van der Waals surface area contributed by atoms with Crippen LogP contribution in [0.2, 0.25) is 0 Å². The smallest absolute Gasteiger partial charge is 0.320 e. The number of urea groups is 1. The minimum atomic E-state index is -0.770. The number of nitrogens with zero attached hydrogens (tertiary/aromatic N) is 3. The Labute approximate surface area is 233 Å². The van der Waals surface area contributed by atoms with Crippen LogP contribution in [0.3, 0.4) is 0 Å². The van der Waals surface area contributed by atoms with E-state index in [1.165, 1.54) is 0 Å². The molecule has 0 aliphatic heterocycles. The number of rotatable bonds is 7. The van der Waals surface area contributed by atoms with Crippen LogP contribution in [0.4, 0.5) is 10.6 Å². The van der Waals surface area contributed by atoms with Crippen molar-refractivity contribution in [1.82, 2.24) is 20.1 Å². The number of carbonyl (C=O) groups is 1. The standard InChI is InChI=1S/C34H29N5O/c1-25(26-14-6-2-7-15-26)37-33(40)38-32-22-31-27(23-35-32)24-36-39(31)34(28-16-8-3-9-17-28,29-18-10-4-11-19-29)30-20-12-5-13-21-30/h2-25H,1H3,(H2,35,37,38,40). The number of benzene rings is 4. The van der Waals surface area contributed by atoms with Crippen LogP contribution in [0, 0.1) is 0 Å². The van der Waals surface area contributed by atoms with Crippen LogP contribution in [0.1, 0.15) is 35.2 Å². The fourth-order valence-electron chi connectivity index (χ4n) is 5.34. The Morgan fingerprint density at radius 1 is 0.725 bits per heavy atom. The van der Waals surface area contributed by atoms with E-state index in [9.17, 15) is 4.79 Å². The lowest BCUT2D eigenvalue weighted by atomic mass is 9.77. The molecule has 6 rings (SSSR count). The van der Waals surface area contributed by atoms with Crippen molar-refractivity contribution >= 4 is 22.8 Å². The molecule has 0 saturated carbocycles. The normalized spacial score (nSPS) is 12.1. The number of anilines is 1. The second-order valence-corrected chi connectivity index (χ2v) is 9.72. The molecule has 6 aromatic rings. The van der Waals surface area contributed by atoms with Crippen LogP contribution in [0.25, 0.3) is 10.9 Å². The molecule has 196 valence electrons. The predicted octanol–water partition coefficient (Wildman–Crippen LogP) is 7.15. The van der Waals surface area contributed by atoms with Gasteiger partial charge in [0.15, 0.2) is 0 Å². The summed E-state index contributed by atoms with van der Waals surface area (Å²) in [5.41, 5.74) is 4.30. The molecule has 2 aromatic heterocycles. The molecule has 1 unspecified atom stereocenters. The number of fused-ring (bicyclic) bond motifs is 1. The van der Waals surface area contributed by atoms with Gasteiger partial charge in [-0.1, -0.05) is 121 Å². The zero-order valence-corrected chi connectivity index (χ0v) is 22.1. The third kappa shape index (κ3) is 4.60. The highest BCUT2D eigenvalue weighted by molar-refractivity contribution is 5.91. The molecule has 0 fully saturated rings. The second-order valence-electron chi connectivity index (χ2n) is 9.72. The topological polar surface area (TPSA) is 71.8 Å². The van der Waals surface area contributed by atoms with Crippen LogP contribution in [0.15, 0.2) is 140 Å². The summed E-state index contributed by atoms with van der Waals surface area (Å²) < 4.78 is 2.04. The molecule has 2 heterocycles. The lowest BCUT2D eigenvalue weighted by Crippen LogP contribution is -2.38. The summed E-state index contributed by atoms with van der Waals surface area (Å²) in [5.74, 6) is 0.440. The maximum Gasteiger partial charge on any atom is 0.320 e. The molecular weight excluding hydrogens is 494 g/mol. The van der Waals surface area contributed by atoms with E-state index in [2.05, 4.69) is 88.4 Å². The van der Waals surface area contributed by atoms with Gasteiger partial charge >= 0.3 is 6.03 Å². The average Bonchev–Trinajstić information content (AvgIpc) is 3.43. The van der Waals surface area contributed by atoms with Crippen molar-refractivity contribution in [2.24, 2.45) is 0 Å². The maximum atomic E-state index is 12.9. The average molecular weight is 524 g/mol. The maximum absolute atomic E-state index is 12.9. The molecule has 40 heavy (non-hydrogen) atoms. The van der Waals surface area contributed by atoms with Gasteiger partial charge < -0.3 is 5.32 Å². The zero-order valence-electron chi connectivity index (χ0n) is 22.1. The van der Waals surface area contributed by atoms with E-state index >= 15 is 0 Å². The molecule has 0 spiro atoms. The monoisotopic (exact) mass is 523 g/mol. The first-order chi connectivity index (χ1) is 19.7. The van der Waals surface area contributed by atoms with Gasteiger partial charge in [0.05, 0.1) is 17.8 Å². The summed E-state index contributed by atoms with van der Waals surface area (Å²) in [6, 6.07) is 42.4. The summed E-state index contributed by atoms with van der Waals surface area (Å²) in [4.78, 5) is 17.4. The summed E-state index contributed by atoms with van der Waals surface area (Å²) in [6.45, 7) is 1.95. The predicted molar refractivity (Wildman–Crippen MR) is 159 cm³/mol. The summed E-state index contributed by atoms with van der Waals surface area (Å²) in [7, 11) is 0. The Balaban J connectivity index is 1.47. The summed E-state index contributed by atoms with van der Waals surface area (Å²) in [6.07, 6.45) is 3.58. The fourth-order valence-corrected chi connectivity index (χ4v) is 5.34. The third-order valence-corrected chi connectivity index (χ3v) is 7.23. The van der Waals surface area contributed by atoms with E-state index in [4.69, 9.17) is 5.10 Å². The van der Waals surface area contributed by atoms with Crippen LogP contribution in [-0.2, 0) is 5.54 Å². The largest absolute Gasteiger partial charge is 0.331 e. The minimum absolute atomic E-state index is 0.155. The molecule has 4 aromatic carbocycles. The number of aromatic nitrogens is 3. The number of hydrogen-bond acceptors (Lipinski definition) is 3. The van der Waals surface area contributed by atoms with E-state index in [0.29, 0.717) is 5.82 Å². The Hall–Kier alpha value is -5.23. The Bertz CT molecular complexity index is 1620. The molecule has 6 nitrogen and oxygen atoms in total. The fraction of sp³-hybridized carbons (Fsp3) is 0.0882. The van der Waals surface area contributed by atoms with E-state index in [-0.39, 0.29) is 12.1 Å². The van der Waals surface area contributed by atoms with Gasteiger partial charge in [-0.05, 0) is 29.2 Å². The Morgan fingerprint density at radius 3 is 1.75 bits per heavy atom. The zero-order chi connectivity index (χ0) is 27.4. The molecule has 0 aliphatic carbocycles. The molecule has 0 bridgehead atoms. The Morgan fingerprint density at radius 2 is 1.23 bits per heavy atom. The summed E-state index contributed by atoms with van der Waals surface area (Å²) >= 11 is 0. The van der Waals surface area contributed by atoms with E-state index in [0.717, 1.165) is 33.2 Å². The highest BCUT2D eigenvalue weighted by Crippen LogP contribution is 2.42. The lowest BCUT2D eigenvalue weighted by Gasteiger charge is -2.37. The van der Waals surface area contributed by atoms with E-state index < -0.39 is 5.54 Å². The van der Waals surface area contributed by atoms with Crippen LogP contribution in [0.5, 0.6) is 0 Å². The van der Waals surface area contributed by atoms with E-state index in [1.54, 1.807) is 6.20 Å². The van der Waals surface area contributed by atoms with Gasteiger partial charge in [-0.15, -0.1) is 0 Å². The van der Waals surface area contributed by atoms with Crippen molar-refractivity contribution in [2.75, 3.05) is 5.32 Å². The molecule has 0 radical (unpaired) electrons. The van der Waals surface area contributed by atoms with Crippen molar-refractivity contribution in [3.05, 3.63) is 162 Å². The first-order valence-electron chi connectivity index (χ1n) is 13.3. The highest BCUT2D eigenvalue weighted by Gasteiger charge is 2.40. The van der Waals surface area contributed by atoms with Gasteiger partial charge in [-0.3, -0.25) is 5.32 Å². The van der Waals surface area contributed by atoms with Crippen LogP contribution in [-0.4, -0.2) is 20.8 Å². The van der Waals surface area contributed by atoms with Gasteiger partial charge in [0.25, 0.3) is 0 Å². The summed E-state index contributed by atoms with van der Waals surface area (Å²) in [5, 5.41) is 11.7. The highest BCUT2D eigenvalue weighted by atomic mass is 16.2. The second kappa shape index (κ2) is 10.9. The SMILES string of the molecule is CC(NC(=O)Nc1cc2c(cn1)cnn2C(c1ccccc1)(c1ccccc1)c1ccccc1)c1ccccc1. The van der Waals surface area contributed by atoms with Gasteiger partial charge in [0, 0.05) is 17.6 Å². The third-order valence-electron chi connectivity index (χ3n) is 7.23. The molecule has 1 atom stereocenters. The number of hydrogen-bond donors (Lipinski definition) is 2. The van der Waals surface area contributed by atoms with Crippen molar-refractivity contribution in [3.63, 3.8) is 0 Å². The molecular formula is C34H29N5O. The van der Waals surface area contributed by atoms with Gasteiger partial charge in [-0.2, -0.15) is 5.10 Å². The minimum Gasteiger partial charge on any atom is -0.331 e. The Kier molecular flexibility index (Phi) is 6.81. The number of pyridine rings is 1. The van der Waals surface area contributed by atoms with Gasteiger partial charge in [-0.25, -0.2) is 14.5 Å². The van der Waals surface area contributed by atoms with Gasteiger partial charge in [0.1, 0.15) is 11.4 Å². The first kappa shape index (κ1) is 25.1. The first-order valence-corrected chi connectivity index (χ1v) is 13.3. The van der Waals surface area contributed by atoms with Crippen molar-refractivity contribution < 1.29 is 4.79 Å². The number of amides is 2. The van der Waals surface area contributed by atoms with Crippen molar-refractivity contribution in [2.45, 2.75) is 18.5 Å².